The highest BCUT2D eigenvalue weighted by Crippen LogP contribution is 2.30. The second-order valence-corrected chi connectivity index (χ2v) is 4.46. The molecule has 3 nitrogen and oxygen atoms in total. The van der Waals surface area contributed by atoms with Crippen LogP contribution in [0.3, 0.4) is 0 Å². The maximum Gasteiger partial charge on any atom is 0.0300 e. The predicted molar refractivity (Wildman–Crippen MR) is 61.0 cm³/mol. The Kier molecular flexibility index (Phi) is 3.69. The monoisotopic (exact) mass is 205 g/mol. The molecule has 0 bridgehead atoms. The van der Waals surface area contributed by atoms with E-state index in [1.165, 1.54) is 31.2 Å². The zero-order chi connectivity index (χ0) is 10.5. The minimum Gasteiger partial charge on any atom is -0.271 e. The van der Waals surface area contributed by atoms with Crippen LogP contribution in [-0.4, -0.2) is 11.0 Å². The Labute approximate surface area is 91.1 Å². The third-order valence-electron chi connectivity index (χ3n) is 3.28. The van der Waals surface area contributed by atoms with Crippen molar-refractivity contribution in [3.05, 3.63) is 30.1 Å². The Morgan fingerprint density at radius 1 is 1.53 bits per heavy atom. The third-order valence-corrected chi connectivity index (χ3v) is 3.28. The molecule has 3 heteroatoms. The van der Waals surface area contributed by atoms with Gasteiger partial charge in [0.2, 0.25) is 0 Å². The summed E-state index contributed by atoms with van der Waals surface area (Å²) in [6, 6.07) is 4.49. The summed E-state index contributed by atoms with van der Waals surface area (Å²) in [6.45, 7) is 0. The topological polar surface area (TPSA) is 50.9 Å². The van der Waals surface area contributed by atoms with Crippen molar-refractivity contribution >= 4 is 0 Å². The first-order valence-corrected chi connectivity index (χ1v) is 5.73. The van der Waals surface area contributed by atoms with Crippen molar-refractivity contribution in [2.75, 3.05) is 0 Å². The van der Waals surface area contributed by atoms with Crippen molar-refractivity contribution in [3.8, 4) is 0 Å². The number of hydrazine groups is 1. The molecule has 1 fully saturated rings. The number of nitrogens with zero attached hydrogens (tertiary/aromatic N) is 1. The van der Waals surface area contributed by atoms with Crippen LogP contribution in [0.5, 0.6) is 0 Å². The van der Waals surface area contributed by atoms with E-state index in [0.717, 1.165) is 12.3 Å². The third kappa shape index (κ3) is 3.01. The van der Waals surface area contributed by atoms with Crippen molar-refractivity contribution in [2.24, 2.45) is 11.8 Å². The van der Waals surface area contributed by atoms with E-state index >= 15 is 0 Å². The molecule has 0 aliphatic heterocycles. The highest BCUT2D eigenvalue weighted by molar-refractivity contribution is 5.10. The molecule has 0 amide bonds. The fraction of sp³-hybridized carbons (Fsp3) is 0.583. The molecule has 2 rings (SSSR count). The smallest absolute Gasteiger partial charge is 0.0300 e. The van der Waals surface area contributed by atoms with Gasteiger partial charge < -0.3 is 0 Å². The first-order valence-electron chi connectivity index (χ1n) is 5.73. The summed E-state index contributed by atoms with van der Waals surface area (Å²) in [4.78, 5) is 4.12. The standard InChI is InChI=1S/C12H19N3/c13-15-12(7-10-3-1-4-10)8-11-5-2-6-14-9-11/h2,5-6,9-10,12,15H,1,3-4,7-8,13H2. The van der Waals surface area contributed by atoms with Gasteiger partial charge in [0.15, 0.2) is 0 Å². The van der Waals surface area contributed by atoms with Gasteiger partial charge in [0.05, 0.1) is 0 Å². The average molecular weight is 205 g/mol. The minimum absolute atomic E-state index is 0.402. The lowest BCUT2D eigenvalue weighted by molar-refractivity contribution is 0.259. The van der Waals surface area contributed by atoms with Gasteiger partial charge in [-0.25, -0.2) is 0 Å². The van der Waals surface area contributed by atoms with Crippen LogP contribution in [0.2, 0.25) is 0 Å². The molecule has 3 N–H and O–H groups in total. The lowest BCUT2D eigenvalue weighted by Gasteiger charge is -2.29. The molecular weight excluding hydrogens is 186 g/mol. The molecule has 1 unspecified atom stereocenters. The molecule has 1 aromatic heterocycles. The van der Waals surface area contributed by atoms with Crippen molar-refractivity contribution in [1.29, 1.82) is 0 Å². The molecule has 82 valence electrons. The van der Waals surface area contributed by atoms with E-state index in [9.17, 15) is 0 Å². The second-order valence-electron chi connectivity index (χ2n) is 4.46. The fourth-order valence-electron chi connectivity index (χ4n) is 2.14. The molecule has 1 aliphatic carbocycles. The zero-order valence-electron chi connectivity index (χ0n) is 9.02. The summed E-state index contributed by atoms with van der Waals surface area (Å²) in [5.74, 6) is 6.47. The van der Waals surface area contributed by atoms with E-state index < -0.39 is 0 Å². The highest BCUT2D eigenvalue weighted by Gasteiger charge is 2.21. The van der Waals surface area contributed by atoms with Gasteiger partial charge in [-0.3, -0.25) is 16.3 Å². The van der Waals surface area contributed by atoms with Gasteiger partial charge in [0, 0.05) is 18.4 Å². The summed E-state index contributed by atoms with van der Waals surface area (Å²) < 4.78 is 0. The maximum absolute atomic E-state index is 5.58. The van der Waals surface area contributed by atoms with E-state index in [2.05, 4.69) is 16.5 Å². The van der Waals surface area contributed by atoms with Crippen LogP contribution in [0.4, 0.5) is 0 Å². The molecular formula is C12H19N3. The van der Waals surface area contributed by atoms with E-state index in [4.69, 9.17) is 5.84 Å². The van der Waals surface area contributed by atoms with E-state index in [1.54, 1.807) is 6.20 Å². The van der Waals surface area contributed by atoms with Crippen LogP contribution in [0.15, 0.2) is 24.5 Å². The van der Waals surface area contributed by atoms with Crippen LogP contribution in [0.1, 0.15) is 31.2 Å². The van der Waals surface area contributed by atoms with Crippen LogP contribution >= 0.6 is 0 Å². The number of pyridine rings is 1. The molecule has 0 spiro atoms. The largest absolute Gasteiger partial charge is 0.271 e. The summed E-state index contributed by atoms with van der Waals surface area (Å²) in [5, 5.41) is 0. The molecule has 1 saturated carbocycles. The molecule has 15 heavy (non-hydrogen) atoms. The van der Waals surface area contributed by atoms with Crippen LogP contribution < -0.4 is 11.3 Å². The Bertz CT molecular complexity index is 282. The van der Waals surface area contributed by atoms with Crippen molar-refractivity contribution < 1.29 is 0 Å². The number of nitrogens with one attached hydrogen (secondary N) is 1. The normalized spacial score (nSPS) is 18.5. The minimum atomic E-state index is 0.402. The number of nitrogens with two attached hydrogens (primary N) is 1. The summed E-state index contributed by atoms with van der Waals surface area (Å²) in [6.07, 6.45) is 10.1. The molecule has 1 atom stereocenters. The molecule has 1 aliphatic rings. The molecule has 1 aromatic rings. The Morgan fingerprint density at radius 3 is 2.93 bits per heavy atom. The Hall–Kier alpha value is -0.930. The maximum atomic E-state index is 5.58. The van der Waals surface area contributed by atoms with E-state index in [-0.39, 0.29) is 0 Å². The fourth-order valence-corrected chi connectivity index (χ4v) is 2.14. The van der Waals surface area contributed by atoms with Gasteiger partial charge in [0.25, 0.3) is 0 Å². The Morgan fingerprint density at radius 2 is 2.40 bits per heavy atom. The van der Waals surface area contributed by atoms with Gasteiger partial charge >= 0.3 is 0 Å². The lowest BCUT2D eigenvalue weighted by Crippen LogP contribution is -2.39. The van der Waals surface area contributed by atoms with E-state index in [0.29, 0.717) is 6.04 Å². The quantitative estimate of drug-likeness (QED) is 0.567. The average Bonchev–Trinajstić information content (AvgIpc) is 2.23. The molecule has 0 saturated heterocycles. The van der Waals surface area contributed by atoms with Gasteiger partial charge in [-0.1, -0.05) is 25.3 Å². The number of aromatic nitrogens is 1. The van der Waals surface area contributed by atoms with Crippen LogP contribution in [0, 0.1) is 5.92 Å². The van der Waals surface area contributed by atoms with Gasteiger partial charge in [-0.15, -0.1) is 0 Å². The first-order chi connectivity index (χ1) is 7.38. The molecule has 0 radical (unpaired) electrons. The second kappa shape index (κ2) is 5.24. The van der Waals surface area contributed by atoms with Crippen molar-refractivity contribution in [3.63, 3.8) is 0 Å². The van der Waals surface area contributed by atoms with Gasteiger partial charge in [0.1, 0.15) is 0 Å². The van der Waals surface area contributed by atoms with Gasteiger partial charge in [-0.05, 0) is 30.4 Å². The predicted octanol–water partition coefficient (Wildman–Crippen LogP) is 1.65. The van der Waals surface area contributed by atoms with E-state index in [1.807, 2.05) is 12.3 Å². The number of hydrogen-bond acceptors (Lipinski definition) is 3. The number of rotatable bonds is 5. The number of hydrogen-bond donors (Lipinski definition) is 2. The van der Waals surface area contributed by atoms with Crippen LogP contribution in [-0.2, 0) is 6.42 Å². The molecule has 1 heterocycles. The van der Waals surface area contributed by atoms with Crippen LogP contribution in [0.25, 0.3) is 0 Å². The summed E-state index contributed by atoms with van der Waals surface area (Å²) >= 11 is 0. The Balaban J connectivity index is 1.84. The summed E-state index contributed by atoms with van der Waals surface area (Å²) in [5.41, 5.74) is 4.19. The molecule has 0 aromatic carbocycles. The first kappa shape index (κ1) is 10.6. The van der Waals surface area contributed by atoms with Crippen molar-refractivity contribution in [1.82, 2.24) is 10.4 Å². The van der Waals surface area contributed by atoms with Gasteiger partial charge in [-0.2, -0.15) is 0 Å². The highest BCUT2D eigenvalue weighted by atomic mass is 15.2. The zero-order valence-corrected chi connectivity index (χ0v) is 9.02. The SMILES string of the molecule is NNC(Cc1cccnc1)CC1CCC1. The summed E-state index contributed by atoms with van der Waals surface area (Å²) in [7, 11) is 0. The van der Waals surface area contributed by atoms with Crippen molar-refractivity contribution in [2.45, 2.75) is 38.1 Å². The lowest BCUT2D eigenvalue weighted by atomic mass is 9.80.